The summed E-state index contributed by atoms with van der Waals surface area (Å²) >= 11 is 0. The summed E-state index contributed by atoms with van der Waals surface area (Å²) < 4.78 is 57.5. The van der Waals surface area contributed by atoms with Gasteiger partial charge in [-0.25, -0.2) is 21.9 Å². The van der Waals surface area contributed by atoms with E-state index < -0.39 is 21.7 Å². The van der Waals surface area contributed by atoms with Crippen LogP contribution in [0.4, 0.5) is 8.78 Å². The summed E-state index contributed by atoms with van der Waals surface area (Å²) in [5.41, 5.74) is 0. The minimum atomic E-state index is -3.54. The van der Waals surface area contributed by atoms with Crippen molar-refractivity contribution in [1.29, 1.82) is 0 Å². The smallest absolute Gasteiger partial charge is 0.240 e. The average Bonchev–Trinajstić information content (AvgIpc) is 2.50. The quantitative estimate of drug-likeness (QED) is 0.884. The Morgan fingerprint density at radius 3 is 2.23 bits per heavy atom. The molecular formula is C15H15F2NO3S. The van der Waals surface area contributed by atoms with E-state index in [-0.39, 0.29) is 10.6 Å². The van der Waals surface area contributed by atoms with Gasteiger partial charge in [-0.15, -0.1) is 0 Å². The van der Waals surface area contributed by atoms with Crippen molar-refractivity contribution in [3.8, 4) is 11.5 Å². The minimum absolute atomic E-state index is 0.110. The van der Waals surface area contributed by atoms with Crippen molar-refractivity contribution < 1.29 is 21.9 Å². The highest BCUT2D eigenvalue weighted by Gasteiger charge is 2.13. The number of ether oxygens (including phenoxy) is 1. The predicted molar refractivity (Wildman–Crippen MR) is 78.4 cm³/mol. The van der Waals surface area contributed by atoms with Crippen molar-refractivity contribution in [3.63, 3.8) is 0 Å². The van der Waals surface area contributed by atoms with Gasteiger partial charge in [0.2, 0.25) is 10.0 Å². The minimum Gasteiger partial charge on any atom is -0.457 e. The van der Waals surface area contributed by atoms with Crippen LogP contribution in [0.5, 0.6) is 11.5 Å². The first-order valence-electron chi connectivity index (χ1n) is 6.65. The van der Waals surface area contributed by atoms with E-state index >= 15 is 0 Å². The third kappa shape index (κ3) is 4.02. The lowest BCUT2D eigenvalue weighted by molar-refractivity contribution is 0.461. The van der Waals surface area contributed by atoms with Gasteiger partial charge in [0.1, 0.15) is 11.5 Å². The fourth-order valence-electron chi connectivity index (χ4n) is 1.68. The number of hydrogen-bond acceptors (Lipinski definition) is 3. The van der Waals surface area contributed by atoms with Crippen molar-refractivity contribution in [2.24, 2.45) is 0 Å². The maximum Gasteiger partial charge on any atom is 0.240 e. The number of hydrogen-bond donors (Lipinski definition) is 1. The molecule has 0 aliphatic rings. The average molecular weight is 327 g/mol. The molecule has 0 spiro atoms. The van der Waals surface area contributed by atoms with Gasteiger partial charge in [0, 0.05) is 12.6 Å². The molecule has 2 aromatic carbocycles. The molecule has 7 heteroatoms. The highest BCUT2D eigenvalue weighted by atomic mass is 32.2. The fraction of sp³-hybridized carbons (Fsp3) is 0.200. The van der Waals surface area contributed by atoms with Crippen molar-refractivity contribution in [2.75, 3.05) is 6.54 Å². The molecule has 2 aromatic rings. The number of benzene rings is 2. The zero-order valence-corrected chi connectivity index (χ0v) is 12.7. The molecule has 0 radical (unpaired) electrons. The Hall–Kier alpha value is -1.99. The lowest BCUT2D eigenvalue weighted by Gasteiger charge is -2.08. The monoisotopic (exact) mass is 327 g/mol. The second-order valence-electron chi connectivity index (χ2n) is 4.55. The molecule has 0 atom stereocenters. The van der Waals surface area contributed by atoms with Gasteiger partial charge in [0.15, 0.2) is 11.6 Å². The third-order valence-corrected chi connectivity index (χ3v) is 4.28. The first kappa shape index (κ1) is 16.4. The van der Waals surface area contributed by atoms with Gasteiger partial charge in [-0.1, -0.05) is 6.92 Å². The molecule has 1 N–H and O–H groups in total. The first-order valence-corrected chi connectivity index (χ1v) is 8.13. The van der Waals surface area contributed by atoms with Crippen LogP contribution in [0.2, 0.25) is 0 Å². The molecular weight excluding hydrogens is 312 g/mol. The van der Waals surface area contributed by atoms with E-state index in [1.807, 2.05) is 6.92 Å². The summed E-state index contributed by atoms with van der Waals surface area (Å²) in [4.78, 5) is 0.110. The maximum atomic E-state index is 13.1. The van der Waals surface area contributed by atoms with E-state index in [1.54, 1.807) is 0 Å². The lowest BCUT2D eigenvalue weighted by Crippen LogP contribution is -2.24. The summed E-state index contributed by atoms with van der Waals surface area (Å²) in [7, 11) is -3.54. The molecule has 4 nitrogen and oxygen atoms in total. The highest BCUT2D eigenvalue weighted by Crippen LogP contribution is 2.24. The Kier molecular flexibility index (Phi) is 5.10. The molecule has 0 aliphatic heterocycles. The summed E-state index contributed by atoms with van der Waals surface area (Å²) in [5, 5.41) is 0. The number of sulfonamides is 1. The van der Waals surface area contributed by atoms with Gasteiger partial charge in [0.05, 0.1) is 4.90 Å². The van der Waals surface area contributed by atoms with E-state index in [1.165, 1.54) is 30.3 Å². The zero-order chi connectivity index (χ0) is 16.2. The van der Waals surface area contributed by atoms with Crippen LogP contribution in [0.25, 0.3) is 0 Å². The number of nitrogens with one attached hydrogen (secondary N) is 1. The molecule has 0 bridgehead atoms. The normalized spacial score (nSPS) is 11.4. The van der Waals surface area contributed by atoms with E-state index in [4.69, 9.17) is 4.74 Å². The van der Waals surface area contributed by atoms with Crippen molar-refractivity contribution >= 4 is 10.0 Å². The molecule has 0 aromatic heterocycles. The number of halogens is 2. The Morgan fingerprint density at radius 1 is 1.00 bits per heavy atom. The summed E-state index contributed by atoms with van der Waals surface area (Å²) in [6.45, 7) is 2.22. The van der Waals surface area contributed by atoms with Crippen molar-refractivity contribution in [1.82, 2.24) is 4.72 Å². The van der Waals surface area contributed by atoms with Gasteiger partial charge in [-0.3, -0.25) is 0 Å². The first-order chi connectivity index (χ1) is 10.4. The van der Waals surface area contributed by atoms with Crippen LogP contribution in [-0.2, 0) is 10.0 Å². The van der Waals surface area contributed by atoms with E-state index in [2.05, 4.69) is 4.72 Å². The lowest BCUT2D eigenvalue weighted by atomic mass is 10.3. The Labute approximate surface area is 127 Å². The Bertz CT molecular complexity index is 746. The third-order valence-electron chi connectivity index (χ3n) is 2.80. The van der Waals surface area contributed by atoms with Crippen LogP contribution >= 0.6 is 0 Å². The molecule has 0 saturated heterocycles. The molecule has 0 heterocycles. The van der Waals surface area contributed by atoms with Crippen molar-refractivity contribution in [3.05, 3.63) is 54.1 Å². The summed E-state index contributed by atoms with van der Waals surface area (Å²) in [6, 6.07) is 8.82. The van der Waals surface area contributed by atoms with Crippen molar-refractivity contribution in [2.45, 2.75) is 18.2 Å². The van der Waals surface area contributed by atoms with Gasteiger partial charge in [0.25, 0.3) is 0 Å². The van der Waals surface area contributed by atoms with Gasteiger partial charge < -0.3 is 4.74 Å². The van der Waals surface area contributed by atoms with Crippen LogP contribution in [0.1, 0.15) is 13.3 Å². The van der Waals surface area contributed by atoms with Crippen LogP contribution in [0.3, 0.4) is 0 Å². The topological polar surface area (TPSA) is 55.4 Å². The summed E-state index contributed by atoms with van der Waals surface area (Å²) in [5.74, 6) is -1.53. The predicted octanol–water partition coefficient (Wildman–Crippen LogP) is 3.45. The second-order valence-corrected chi connectivity index (χ2v) is 6.31. The standard InChI is InChI=1S/C15H15F2NO3S/c1-2-9-18-22(19,20)13-6-3-11(4-7-13)21-12-5-8-14(16)15(17)10-12/h3-8,10,18H,2,9H2,1H3. The van der Waals surface area contributed by atoms with Crippen LogP contribution in [0, 0.1) is 11.6 Å². The van der Waals surface area contributed by atoms with Gasteiger partial charge >= 0.3 is 0 Å². The number of rotatable bonds is 6. The molecule has 22 heavy (non-hydrogen) atoms. The van der Waals surface area contributed by atoms with Crippen LogP contribution < -0.4 is 9.46 Å². The van der Waals surface area contributed by atoms with Gasteiger partial charge in [-0.2, -0.15) is 0 Å². The SMILES string of the molecule is CCCNS(=O)(=O)c1ccc(Oc2ccc(F)c(F)c2)cc1. The zero-order valence-electron chi connectivity index (χ0n) is 11.8. The van der Waals surface area contributed by atoms with E-state index in [9.17, 15) is 17.2 Å². The molecule has 118 valence electrons. The Morgan fingerprint density at radius 2 is 1.64 bits per heavy atom. The van der Waals surface area contributed by atoms with E-state index in [0.717, 1.165) is 12.1 Å². The molecule has 2 rings (SSSR count). The molecule has 0 unspecified atom stereocenters. The molecule has 0 aliphatic carbocycles. The summed E-state index contributed by atoms with van der Waals surface area (Å²) in [6.07, 6.45) is 0.691. The molecule has 0 amide bonds. The highest BCUT2D eigenvalue weighted by molar-refractivity contribution is 7.89. The largest absolute Gasteiger partial charge is 0.457 e. The van der Waals surface area contributed by atoms with E-state index in [0.29, 0.717) is 18.7 Å². The second kappa shape index (κ2) is 6.85. The van der Waals surface area contributed by atoms with Gasteiger partial charge in [-0.05, 0) is 42.8 Å². The maximum absolute atomic E-state index is 13.1. The fourth-order valence-corrected chi connectivity index (χ4v) is 2.82. The Balaban J connectivity index is 2.13. The molecule has 0 saturated carbocycles. The molecule has 0 fully saturated rings. The van der Waals surface area contributed by atoms with Crippen LogP contribution in [-0.4, -0.2) is 15.0 Å². The van der Waals surface area contributed by atoms with Crippen LogP contribution in [0.15, 0.2) is 47.4 Å².